The number of nitrogens with zero attached hydrogens (tertiary/aromatic N) is 1. The minimum atomic E-state index is -0.438. The number of rotatable bonds is 1. The van der Waals surface area contributed by atoms with Gasteiger partial charge >= 0.3 is 0 Å². The molecule has 3 nitrogen and oxygen atoms in total. The first-order valence-electron chi connectivity index (χ1n) is 3.99. The molecule has 0 amide bonds. The van der Waals surface area contributed by atoms with Crippen LogP contribution >= 0.6 is 15.9 Å². The number of hydrogen-bond donors (Lipinski definition) is 1. The Morgan fingerprint density at radius 1 is 1.40 bits per heavy atom. The van der Waals surface area contributed by atoms with Crippen molar-refractivity contribution in [3.63, 3.8) is 0 Å². The third-order valence-electron chi connectivity index (χ3n) is 1.99. The van der Waals surface area contributed by atoms with Crippen LogP contribution in [0.3, 0.4) is 0 Å². The molecule has 0 saturated carbocycles. The van der Waals surface area contributed by atoms with E-state index in [2.05, 4.69) is 20.9 Å². The van der Waals surface area contributed by atoms with E-state index in [1.54, 1.807) is 0 Å². The molecule has 1 aromatic carbocycles. The molecule has 0 aliphatic heterocycles. The lowest BCUT2D eigenvalue weighted by atomic mass is 10.1. The number of benzene rings is 1. The van der Waals surface area contributed by atoms with Gasteiger partial charge in [-0.2, -0.15) is 0 Å². The molecule has 0 aliphatic carbocycles. The van der Waals surface area contributed by atoms with Gasteiger partial charge in [-0.3, -0.25) is 4.79 Å². The van der Waals surface area contributed by atoms with Gasteiger partial charge in [-0.25, -0.2) is 9.37 Å². The number of halogens is 2. The molecule has 0 bridgehead atoms. The van der Waals surface area contributed by atoms with Crippen molar-refractivity contribution < 1.29 is 14.3 Å². The maximum atomic E-state index is 12.9. The molecule has 2 aromatic rings. The molecule has 75 valence electrons. The number of aromatic nitrogens is 1. The molecule has 15 heavy (non-hydrogen) atoms. The zero-order chi connectivity index (χ0) is 11.0. The smallest absolute Gasteiger partial charge is 0.257 e. The number of aromatic hydroxyl groups is 1. The highest BCUT2D eigenvalue weighted by Gasteiger charge is 2.12. The van der Waals surface area contributed by atoms with Gasteiger partial charge in [0.2, 0.25) is 0 Å². The van der Waals surface area contributed by atoms with E-state index in [0.29, 0.717) is 15.4 Å². The highest BCUT2D eigenvalue weighted by atomic mass is 79.9. The molecule has 0 fully saturated rings. The van der Waals surface area contributed by atoms with E-state index >= 15 is 0 Å². The molecule has 5 heteroatoms. The van der Waals surface area contributed by atoms with E-state index in [1.165, 1.54) is 24.5 Å². The third-order valence-corrected chi connectivity index (χ3v) is 2.59. The van der Waals surface area contributed by atoms with E-state index in [-0.39, 0.29) is 11.4 Å². The molecule has 1 radical (unpaired) electrons. The molecule has 0 unspecified atom stereocenters. The maximum absolute atomic E-state index is 12.9. The normalized spacial score (nSPS) is 10.5. The number of fused-ring (bicyclic) bond motifs is 1. The van der Waals surface area contributed by atoms with Crippen LogP contribution < -0.4 is 0 Å². The summed E-state index contributed by atoms with van der Waals surface area (Å²) in [7, 11) is 0. The highest BCUT2D eigenvalue weighted by Crippen LogP contribution is 2.31. The fourth-order valence-corrected chi connectivity index (χ4v) is 1.81. The highest BCUT2D eigenvalue weighted by molar-refractivity contribution is 9.10. The van der Waals surface area contributed by atoms with Crippen LogP contribution in [-0.2, 0) is 4.79 Å². The second-order valence-corrected chi connectivity index (χ2v) is 3.64. The molecular weight excluding hydrogens is 265 g/mol. The Kier molecular flexibility index (Phi) is 2.40. The summed E-state index contributed by atoms with van der Waals surface area (Å²) >= 11 is 3.09. The van der Waals surface area contributed by atoms with Gasteiger partial charge in [0.05, 0.1) is 0 Å². The predicted molar refractivity (Wildman–Crippen MR) is 55.9 cm³/mol. The third kappa shape index (κ3) is 1.59. The average Bonchev–Trinajstić information content (AvgIpc) is 2.23. The van der Waals surface area contributed by atoms with Gasteiger partial charge in [0.15, 0.2) is 11.4 Å². The lowest BCUT2D eigenvalue weighted by Crippen LogP contribution is -1.91. The molecule has 0 atom stereocenters. The van der Waals surface area contributed by atoms with E-state index in [4.69, 9.17) is 0 Å². The van der Waals surface area contributed by atoms with Crippen molar-refractivity contribution in [3.8, 4) is 5.75 Å². The molecular formula is C10H4BrFNO2. The second kappa shape index (κ2) is 3.58. The summed E-state index contributed by atoms with van der Waals surface area (Å²) < 4.78 is 13.2. The van der Waals surface area contributed by atoms with Crippen LogP contribution in [0, 0.1) is 5.82 Å². The summed E-state index contributed by atoms with van der Waals surface area (Å²) in [5.74, 6) is -0.726. The van der Waals surface area contributed by atoms with Crippen LogP contribution in [0.1, 0.15) is 5.69 Å². The fraction of sp³-hybridized carbons (Fsp3) is 0. The zero-order valence-electron chi connectivity index (χ0n) is 7.29. The van der Waals surface area contributed by atoms with Crippen LogP contribution in [0.4, 0.5) is 4.39 Å². The second-order valence-electron chi connectivity index (χ2n) is 2.89. The number of pyridine rings is 1. The van der Waals surface area contributed by atoms with E-state index < -0.39 is 5.82 Å². The maximum Gasteiger partial charge on any atom is 0.257 e. The van der Waals surface area contributed by atoms with Crippen molar-refractivity contribution in [2.75, 3.05) is 0 Å². The van der Waals surface area contributed by atoms with Crippen molar-refractivity contribution in [2.24, 2.45) is 0 Å². The van der Waals surface area contributed by atoms with E-state index in [9.17, 15) is 14.3 Å². The summed E-state index contributed by atoms with van der Waals surface area (Å²) in [6, 6.07) is 3.80. The molecule has 1 heterocycles. The molecule has 1 N–H and O–H groups in total. The lowest BCUT2D eigenvalue weighted by Gasteiger charge is -2.04. The first-order valence-corrected chi connectivity index (χ1v) is 4.78. The summed E-state index contributed by atoms with van der Waals surface area (Å²) in [6.45, 7) is 0. The summed E-state index contributed by atoms with van der Waals surface area (Å²) in [5, 5.41) is 10.4. The van der Waals surface area contributed by atoms with Crippen LogP contribution in [0.15, 0.2) is 22.8 Å². The standard InChI is InChI=1S/C10H4BrFNO2/c11-10-7-3-5(12)1-2-6(7)9(15)8(4-14)13-10/h1-3,15H. The molecule has 0 aliphatic rings. The molecule has 0 spiro atoms. The quantitative estimate of drug-likeness (QED) is 0.808. The number of hydrogen-bond acceptors (Lipinski definition) is 3. The van der Waals surface area contributed by atoms with Gasteiger partial charge in [-0.05, 0) is 34.1 Å². The van der Waals surface area contributed by atoms with Gasteiger partial charge in [-0.15, -0.1) is 0 Å². The SMILES string of the molecule is O=[C]c1nc(Br)c2cc(F)ccc2c1O. The van der Waals surface area contributed by atoms with Crippen LogP contribution in [-0.4, -0.2) is 16.4 Å². The minimum Gasteiger partial charge on any atom is -0.505 e. The summed E-state index contributed by atoms with van der Waals surface area (Å²) in [5.41, 5.74) is -0.194. The Hall–Kier alpha value is -1.49. The average molecular weight is 269 g/mol. The lowest BCUT2D eigenvalue weighted by molar-refractivity contribution is 0.475. The van der Waals surface area contributed by atoms with Gasteiger partial charge in [0.25, 0.3) is 6.29 Å². The number of carbonyl (C=O) groups excluding carboxylic acids is 1. The largest absolute Gasteiger partial charge is 0.505 e. The minimum absolute atomic E-state index is 0.194. The predicted octanol–water partition coefficient (Wildman–Crippen LogP) is 2.30. The Morgan fingerprint density at radius 3 is 2.80 bits per heavy atom. The zero-order valence-corrected chi connectivity index (χ0v) is 8.88. The van der Waals surface area contributed by atoms with E-state index in [1.807, 2.05) is 0 Å². The summed E-state index contributed by atoms with van der Waals surface area (Å²) in [6.07, 6.45) is 1.51. The van der Waals surface area contributed by atoms with Gasteiger partial charge in [0.1, 0.15) is 10.4 Å². The van der Waals surface area contributed by atoms with Crippen LogP contribution in [0.25, 0.3) is 10.8 Å². The van der Waals surface area contributed by atoms with Crippen molar-refractivity contribution in [2.45, 2.75) is 0 Å². The van der Waals surface area contributed by atoms with Gasteiger partial charge < -0.3 is 5.11 Å². The van der Waals surface area contributed by atoms with Crippen molar-refractivity contribution >= 4 is 33.0 Å². The fourth-order valence-electron chi connectivity index (χ4n) is 1.30. The van der Waals surface area contributed by atoms with Crippen LogP contribution in [0.2, 0.25) is 0 Å². The van der Waals surface area contributed by atoms with Gasteiger partial charge in [-0.1, -0.05) is 0 Å². The van der Waals surface area contributed by atoms with Crippen molar-refractivity contribution in [1.29, 1.82) is 0 Å². The van der Waals surface area contributed by atoms with Crippen molar-refractivity contribution in [3.05, 3.63) is 34.3 Å². The Labute approximate surface area is 92.7 Å². The molecule has 1 aromatic heterocycles. The monoisotopic (exact) mass is 268 g/mol. The van der Waals surface area contributed by atoms with Crippen LogP contribution in [0.5, 0.6) is 5.75 Å². The Morgan fingerprint density at radius 2 is 2.13 bits per heavy atom. The van der Waals surface area contributed by atoms with Gasteiger partial charge in [0, 0.05) is 10.8 Å². The summed E-state index contributed by atoms with van der Waals surface area (Å²) in [4.78, 5) is 14.2. The van der Waals surface area contributed by atoms with Crippen molar-refractivity contribution in [1.82, 2.24) is 4.98 Å². The first-order chi connectivity index (χ1) is 7.13. The Balaban J connectivity index is 2.92. The van der Waals surface area contributed by atoms with E-state index in [0.717, 1.165) is 0 Å². The molecule has 2 rings (SSSR count). The molecule has 0 saturated heterocycles. The first kappa shape index (κ1) is 10.0. The Bertz CT molecular complexity index is 557. The topological polar surface area (TPSA) is 50.2 Å².